The Labute approximate surface area is 197 Å². The van der Waals surface area contributed by atoms with Gasteiger partial charge in [-0.15, -0.1) is 0 Å². The number of aryl methyl sites for hydroxylation is 1. The molecule has 2 aromatic carbocycles. The van der Waals surface area contributed by atoms with Crippen molar-refractivity contribution in [3.63, 3.8) is 0 Å². The van der Waals surface area contributed by atoms with Gasteiger partial charge in [-0.3, -0.25) is 5.32 Å². The number of rotatable bonds is 9. The first-order valence-electron chi connectivity index (χ1n) is 11.4. The van der Waals surface area contributed by atoms with Crippen molar-refractivity contribution in [2.75, 3.05) is 11.9 Å². The largest absolute Gasteiger partial charge is 0.488 e. The second-order valence-corrected chi connectivity index (χ2v) is 8.76. The van der Waals surface area contributed by atoms with Gasteiger partial charge in [-0.2, -0.15) is 5.26 Å². The Hall–Kier alpha value is -3.60. The molecule has 1 saturated carbocycles. The summed E-state index contributed by atoms with van der Waals surface area (Å²) < 4.78 is 37.7. The van der Waals surface area contributed by atoms with Crippen LogP contribution in [0, 0.1) is 17.2 Å². The summed E-state index contributed by atoms with van der Waals surface area (Å²) >= 11 is 0. The van der Waals surface area contributed by atoms with Gasteiger partial charge in [-0.25, -0.2) is 13.6 Å². The number of hydrogen-bond donors (Lipinski definition) is 1. The molecule has 0 unspecified atom stereocenters. The molecule has 8 heteroatoms. The van der Waals surface area contributed by atoms with Crippen molar-refractivity contribution >= 4 is 22.7 Å². The molecule has 34 heavy (non-hydrogen) atoms. The van der Waals surface area contributed by atoms with E-state index in [0.717, 1.165) is 28.6 Å². The van der Waals surface area contributed by atoms with Gasteiger partial charge in [0, 0.05) is 23.7 Å². The third kappa shape index (κ3) is 5.48. The number of fused-ring (bicyclic) bond motifs is 1. The SMILES string of the molecule is CC(C)OC(=O)Nc1ccc(-c2c(C#N)c3ccc(OCC(F)F)cc3n2CCC2CC2)cc1. The van der Waals surface area contributed by atoms with Crippen LogP contribution in [0.4, 0.5) is 19.3 Å². The van der Waals surface area contributed by atoms with E-state index in [-0.39, 0.29) is 6.10 Å². The standard InChI is InChI=1S/C26H27F2N3O3/c1-16(2)34-26(32)30-19-7-5-18(6-8-19)25-22(14-29)21-10-9-20(33-15-24(27)28)13-23(21)31(25)12-11-17-3-4-17/h5-10,13,16-17,24H,3-4,11-12,15H2,1-2H3,(H,30,32). The Kier molecular flexibility index (Phi) is 7.01. The third-order valence-corrected chi connectivity index (χ3v) is 5.73. The molecule has 178 valence electrons. The molecule has 1 aliphatic carbocycles. The lowest BCUT2D eigenvalue weighted by atomic mass is 10.1. The fourth-order valence-electron chi connectivity index (χ4n) is 4.01. The Bertz CT molecular complexity index is 1210. The number of benzene rings is 2. The summed E-state index contributed by atoms with van der Waals surface area (Å²) in [7, 11) is 0. The number of nitrogens with one attached hydrogen (secondary N) is 1. The number of carbonyl (C=O) groups is 1. The Morgan fingerprint density at radius 2 is 1.94 bits per heavy atom. The summed E-state index contributed by atoms with van der Waals surface area (Å²) in [5.74, 6) is 1.02. The summed E-state index contributed by atoms with van der Waals surface area (Å²) in [6.45, 7) is 3.57. The van der Waals surface area contributed by atoms with Gasteiger partial charge in [0.15, 0.2) is 0 Å². The van der Waals surface area contributed by atoms with Crippen LogP contribution < -0.4 is 10.1 Å². The number of aromatic nitrogens is 1. The Morgan fingerprint density at radius 3 is 2.56 bits per heavy atom. The van der Waals surface area contributed by atoms with Gasteiger partial charge in [0.25, 0.3) is 6.43 Å². The van der Waals surface area contributed by atoms with E-state index < -0.39 is 19.1 Å². The van der Waals surface area contributed by atoms with Gasteiger partial charge in [0.2, 0.25) is 0 Å². The van der Waals surface area contributed by atoms with Crippen LogP contribution in [0.15, 0.2) is 42.5 Å². The summed E-state index contributed by atoms with van der Waals surface area (Å²) in [6, 6.07) is 14.7. The van der Waals surface area contributed by atoms with Gasteiger partial charge in [0.05, 0.1) is 22.9 Å². The minimum absolute atomic E-state index is 0.228. The predicted molar refractivity (Wildman–Crippen MR) is 126 cm³/mol. The number of nitrogens with zero attached hydrogens (tertiary/aromatic N) is 2. The van der Waals surface area contributed by atoms with Crippen molar-refractivity contribution in [3.05, 3.63) is 48.0 Å². The first kappa shape index (κ1) is 23.6. The van der Waals surface area contributed by atoms with Crippen molar-refractivity contribution in [2.24, 2.45) is 5.92 Å². The van der Waals surface area contributed by atoms with Crippen LogP contribution in [0.1, 0.15) is 38.7 Å². The van der Waals surface area contributed by atoms with Crippen molar-refractivity contribution in [1.82, 2.24) is 4.57 Å². The third-order valence-electron chi connectivity index (χ3n) is 5.73. The molecule has 1 aliphatic rings. The van der Waals surface area contributed by atoms with Crippen LogP contribution in [0.3, 0.4) is 0 Å². The van der Waals surface area contributed by atoms with Crippen LogP contribution >= 0.6 is 0 Å². The number of ether oxygens (including phenoxy) is 2. The predicted octanol–water partition coefficient (Wildman–Crippen LogP) is 6.58. The average molecular weight is 468 g/mol. The molecule has 0 saturated heterocycles. The van der Waals surface area contributed by atoms with Crippen LogP contribution in [0.2, 0.25) is 0 Å². The lowest BCUT2D eigenvalue weighted by Crippen LogP contribution is -2.17. The minimum atomic E-state index is -2.56. The smallest absolute Gasteiger partial charge is 0.411 e. The molecule has 1 aromatic heterocycles. The zero-order valence-electron chi connectivity index (χ0n) is 19.2. The molecular weight excluding hydrogens is 440 g/mol. The maximum absolute atomic E-state index is 12.6. The highest BCUT2D eigenvalue weighted by Gasteiger charge is 2.24. The highest BCUT2D eigenvalue weighted by Crippen LogP contribution is 2.38. The van der Waals surface area contributed by atoms with E-state index in [1.54, 1.807) is 44.2 Å². The number of nitriles is 1. The molecule has 0 radical (unpaired) electrons. The molecule has 0 atom stereocenters. The van der Waals surface area contributed by atoms with Crippen LogP contribution in [-0.4, -0.2) is 29.8 Å². The van der Waals surface area contributed by atoms with Crippen molar-refractivity contribution in [3.8, 4) is 23.1 Å². The van der Waals surface area contributed by atoms with Crippen LogP contribution in [-0.2, 0) is 11.3 Å². The summed E-state index contributed by atoms with van der Waals surface area (Å²) in [6.07, 6.45) is 0.0617. The highest BCUT2D eigenvalue weighted by molar-refractivity contribution is 5.95. The molecule has 1 N–H and O–H groups in total. The summed E-state index contributed by atoms with van der Waals surface area (Å²) in [5, 5.41) is 13.5. The fraction of sp³-hybridized carbons (Fsp3) is 0.385. The monoisotopic (exact) mass is 467 g/mol. The normalized spacial score (nSPS) is 13.3. The van der Waals surface area contributed by atoms with E-state index in [4.69, 9.17) is 9.47 Å². The van der Waals surface area contributed by atoms with Crippen LogP contribution in [0.25, 0.3) is 22.2 Å². The van der Waals surface area contributed by atoms with Gasteiger partial charge in [-0.05, 0) is 56.0 Å². The zero-order valence-corrected chi connectivity index (χ0v) is 19.2. The molecule has 6 nitrogen and oxygen atoms in total. The second-order valence-electron chi connectivity index (χ2n) is 8.76. The molecule has 0 spiro atoms. The van der Waals surface area contributed by atoms with E-state index in [2.05, 4.69) is 16.0 Å². The maximum atomic E-state index is 12.6. The summed E-state index contributed by atoms with van der Waals surface area (Å²) in [5.41, 5.74) is 3.46. The number of carbonyl (C=O) groups excluding carboxylic acids is 1. The minimum Gasteiger partial charge on any atom is -0.488 e. The van der Waals surface area contributed by atoms with Gasteiger partial charge < -0.3 is 14.0 Å². The molecular formula is C26H27F2N3O3. The number of alkyl halides is 2. The Morgan fingerprint density at radius 1 is 1.21 bits per heavy atom. The van der Waals surface area contributed by atoms with Crippen molar-refractivity contribution in [1.29, 1.82) is 5.26 Å². The van der Waals surface area contributed by atoms with E-state index in [0.29, 0.717) is 29.5 Å². The topological polar surface area (TPSA) is 76.3 Å². The van der Waals surface area contributed by atoms with E-state index in [1.807, 2.05) is 12.1 Å². The molecule has 0 aliphatic heterocycles. The molecule has 1 amide bonds. The molecule has 3 aromatic rings. The fourth-order valence-corrected chi connectivity index (χ4v) is 4.01. The summed E-state index contributed by atoms with van der Waals surface area (Å²) in [4.78, 5) is 11.9. The lowest BCUT2D eigenvalue weighted by Gasteiger charge is -2.13. The van der Waals surface area contributed by atoms with Gasteiger partial charge in [0.1, 0.15) is 18.4 Å². The van der Waals surface area contributed by atoms with Crippen LogP contribution in [0.5, 0.6) is 5.75 Å². The molecule has 1 heterocycles. The molecule has 4 rings (SSSR count). The lowest BCUT2D eigenvalue weighted by molar-refractivity contribution is 0.0819. The maximum Gasteiger partial charge on any atom is 0.411 e. The average Bonchev–Trinajstić information content (AvgIpc) is 3.57. The van der Waals surface area contributed by atoms with Crippen molar-refractivity contribution in [2.45, 2.75) is 52.2 Å². The number of amides is 1. The van der Waals surface area contributed by atoms with Crippen molar-refractivity contribution < 1.29 is 23.0 Å². The van der Waals surface area contributed by atoms with E-state index >= 15 is 0 Å². The van der Waals surface area contributed by atoms with E-state index in [9.17, 15) is 18.8 Å². The van der Waals surface area contributed by atoms with E-state index in [1.165, 1.54) is 12.8 Å². The number of hydrogen-bond acceptors (Lipinski definition) is 4. The Balaban J connectivity index is 1.71. The first-order chi connectivity index (χ1) is 16.4. The number of anilines is 1. The first-order valence-corrected chi connectivity index (χ1v) is 11.4. The quantitative estimate of drug-likeness (QED) is 0.386. The van der Waals surface area contributed by atoms with Gasteiger partial charge in [-0.1, -0.05) is 25.0 Å². The molecule has 0 bridgehead atoms. The van der Waals surface area contributed by atoms with Gasteiger partial charge >= 0.3 is 6.09 Å². The highest BCUT2D eigenvalue weighted by atomic mass is 19.3. The zero-order chi connectivity index (χ0) is 24.2. The number of halogens is 2. The molecule has 1 fully saturated rings. The second kappa shape index (κ2) is 10.1.